The van der Waals surface area contributed by atoms with Gasteiger partial charge in [-0.2, -0.15) is 0 Å². The van der Waals surface area contributed by atoms with Crippen molar-refractivity contribution in [1.29, 1.82) is 0 Å². The van der Waals surface area contributed by atoms with Gasteiger partial charge in [0.05, 0.1) is 6.61 Å². The van der Waals surface area contributed by atoms with E-state index in [1.165, 1.54) is 32.3 Å². The van der Waals surface area contributed by atoms with Gasteiger partial charge in [-0.3, -0.25) is 0 Å². The topological polar surface area (TPSA) is 26.3 Å². The minimum Gasteiger partial charge on any atom is -0.462 e. The zero-order chi connectivity index (χ0) is 15.4. The van der Waals surface area contributed by atoms with E-state index in [1.807, 2.05) is 6.08 Å². The van der Waals surface area contributed by atoms with E-state index in [2.05, 4.69) is 54.6 Å². The van der Waals surface area contributed by atoms with Crippen LogP contribution in [0, 0.1) is 0 Å². The number of ether oxygens (including phenoxy) is 1. The Morgan fingerprint density at radius 1 is 0.826 bits per heavy atom. The van der Waals surface area contributed by atoms with E-state index in [-0.39, 0.29) is 5.97 Å². The molecule has 2 nitrogen and oxygen atoms in total. The maximum absolute atomic E-state index is 11.8. The van der Waals surface area contributed by atoms with Crippen molar-refractivity contribution in [2.45, 2.75) is 6.42 Å². The summed E-state index contributed by atoms with van der Waals surface area (Å²) in [6, 6.07) is 19.3. The molecule has 0 aromatic heterocycles. The fraction of sp³-hybridized carbons (Fsp3) is 0.0952. The molecular formula is C21H14O2. The fourth-order valence-corrected chi connectivity index (χ4v) is 3.65. The Morgan fingerprint density at radius 3 is 2.26 bits per heavy atom. The Hall–Kier alpha value is -2.87. The lowest BCUT2D eigenvalue weighted by Crippen LogP contribution is -1.94. The maximum atomic E-state index is 11.8. The molecule has 0 bridgehead atoms. The molecule has 0 radical (unpaired) electrons. The third-order valence-corrected chi connectivity index (χ3v) is 4.76. The van der Waals surface area contributed by atoms with Crippen LogP contribution in [0.5, 0.6) is 0 Å². The normalized spacial score (nSPS) is 16.9. The standard InChI is InChI=1S/C21H14O2/c22-21-17(10-11-23-21)12-16-7-6-15-5-4-13-2-1-3-14-8-9-18(16)20(15)19(13)14/h1-9,12H,10-11H2/b17-12+. The molecule has 0 spiro atoms. The van der Waals surface area contributed by atoms with Gasteiger partial charge in [-0.1, -0.05) is 54.6 Å². The predicted octanol–water partition coefficient (Wildman–Crippen LogP) is 4.91. The summed E-state index contributed by atoms with van der Waals surface area (Å²) in [5.74, 6) is -0.185. The minimum absolute atomic E-state index is 0.185. The fourth-order valence-electron chi connectivity index (χ4n) is 3.65. The molecule has 4 aromatic carbocycles. The SMILES string of the molecule is O=C1OCC/C1=C\c1ccc2ccc3cccc4ccc1c2c34. The number of benzene rings is 4. The molecule has 4 aromatic rings. The average Bonchev–Trinajstić information content (AvgIpc) is 2.99. The number of esters is 1. The van der Waals surface area contributed by atoms with Crippen molar-refractivity contribution in [1.82, 2.24) is 0 Å². The van der Waals surface area contributed by atoms with Crippen LogP contribution in [0.4, 0.5) is 0 Å². The third-order valence-electron chi connectivity index (χ3n) is 4.76. The van der Waals surface area contributed by atoms with E-state index < -0.39 is 0 Å². The first-order valence-electron chi connectivity index (χ1n) is 7.85. The van der Waals surface area contributed by atoms with Crippen LogP contribution in [0.3, 0.4) is 0 Å². The second kappa shape index (κ2) is 4.56. The maximum Gasteiger partial charge on any atom is 0.334 e. The summed E-state index contributed by atoms with van der Waals surface area (Å²) < 4.78 is 5.06. The van der Waals surface area contributed by atoms with Crippen LogP contribution in [0.15, 0.2) is 60.2 Å². The molecule has 1 heterocycles. The molecule has 1 aliphatic heterocycles. The van der Waals surface area contributed by atoms with E-state index in [9.17, 15) is 4.79 Å². The highest BCUT2D eigenvalue weighted by Gasteiger charge is 2.19. The smallest absolute Gasteiger partial charge is 0.334 e. The highest BCUT2D eigenvalue weighted by molar-refractivity contribution is 6.24. The van der Waals surface area contributed by atoms with Crippen molar-refractivity contribution >= 4 is 44.4 Å². The number of cyclic esters (lactones) is 1. The van der Waals surface area contributed by atoms with Crippen molar-refractivity contribution in [2.24, 2.45) is 0 Å². The Morgan fingerprint density at radius 2 is 1.52 bits per heavy atom. The molecule has 1 saturated heterocycles. The Bertz CT molecular complexity index is 1090. The molecule has 110 valence electrons. The molecule has 0 unspecified atom stereocenters. The summed E-state index contributed by atoms with van der Waals surface area (Å²) in [5, 5.41) is 7.52. The second-order valence-electron chi connectivity index (χ2n) is 6.07. The van der Waals surface area contributed by atoms with E-state index in [0.29, 0.717) is 13.0 Å². The van der Waals surface area contributed by atoms with Gasteiger partial charge >= 0.3 is 5.97 Å². The van der Waals surface area contributed by atoms with Gasteiger partial charge < -0.3 is 4.74 Å². The molecule has 2 heteroatoms. The first kappa shape index (κ1) is 12.7. The van der Waals surface area contributed by atoms with Gasteiger partial charge in [0, 0.05) is 12.0 Å². The summed E-state index contributed by atoms with van der Waals surface area (Å²) in [4.78, 5) is 11.8. The number of rotatable bonds is 1. The van der Waals surface area contributed by atoms with Crippen molar-refractivity contribution < 1.29 is 9.53 Å². The van der Waals surface area contributed by atoms with Crippen LogP contribution in [-0.4, -0.2) is 12.6 Å². The zero-order valence-corrected chi connectivity index (χ0v) is 12.5. The summed E-state index contributed by atoms with van der Waals surface area (Å²) in [5.41, 5.74) is 1.85. The van der Waals surface area contributed by atoms with Crippen LogP contribution >= 0.6 is 0 Å². The second-order valence-corrected chi connectivity index (χ2v) is 6.07. The first-order chi connectivity index (χ1) is 11.3. The molecule has 0 amide bonds. The average molecular weight is 298 g/mol. The molecular weight excluding hydrogens is 284 g/mol. The molecule has 5 rings (SSSR count). The lowest BCUT2D eigenvalue weighted by Gasteiger charge is -2.12. The first-order valence-corrected chi connectivity index (χ1v) is 7.85. The summed E-state index contributed by atoms with van der Waals surface area (Å²) in [6.45, 7) is 0.497. The molecule has 0 saturated carbocycles. The quantitative estimate of drug-likeness (QED) is 0.283. The summed E-state index contributed by atoms with van der Waals surface area (Å²) in [7, 11) is 0. The largest absolute Gasteiger partial charge is 0.462 e. The van der Waals surface area contributed by atoms with Gasteiger partial charge in [0.1, 0.15) is 0 Å². The monoisotopic (exact) mass is 298 g/mol. The van der Waals surface area contributed by atoms with Crippen LogP contribution < -0.4 is 0 Å². The molecule has 1 fully saturated rings. The van der Waals surface area contributed by atoms with Gasteiger partial charge in [0.25, 0.3) is 0 Å². The molecule has 23 heavy (non-hydrogen) atoms. The van der Waals surface area contributed by atoms with Gasteiger partial charge in [0.15, 0.2) is 0 Å². The predicted molar refractivity (Wildman–Crippen MR) is 93.7 cm³/mol. The highest BCUT2D eigenvalue weighted by Crippen LogP contribution is 2.36. The Balaban J connectivity index is 1.90. The number of carbonyl (C=O) groups is 1. The van der Waals surface area contributed by atoms with Crippen molar-refractivity contribution in [3.05, 3.63) is 65.7 Å². The lowest BCUT2D eigenvalue weighted by atomic mass is 9.91. The van der Waals surface area contributed by atoms with E-state index in [0.717, 1.165) is 11.1 Å². The third kappa shape index (κ3) is 1.78. The number of hydrogen-bond donors (Lipinski definition) is 0. The number of carbonyl (C=O) groups excluding carboxylic acids is 1. The highest BCUT2D eigenvalue weighted by atomic mass is 16.5. The van der Waals surface area contributed by atoms with Gasteiger partial charge in [0.2, 0.25) is 0 Å². The molecule has 1 aliphatic rings. The Kier molecular flexibility index (Phi) is 2.51. The van der Waals surface area contributed by atoms with Crippen LogP contribution in [0.2, 0.25) is 0 Å². The van der Waals surface area contributed by atoms with E-state index >= 15 is 0 Å². The number of hydrogen-bond acceptors (Lipinski definition) is 2. The molecule has 0 N–H and O–H groups in total. The lowest BCUT2D eigenvalue weighted by molar-refractivity contribution is -0.134. The summed E-state index contributed by atoms with van der Waals surface area (Å²) >= 11 is 0. The van der Waals surface area contributed by atoms with Crippen molar-refractivity contribution in [2.75, 3.05) is 6.61 Å². The van der Waals surface area contributed by atoms with E-state index in [4.69, 9.17) is 4.74 Å². The van der Waals surface area contributed by atoms with Crippen LogP contribution in [0.25, 0.3) is 38.4 Å². The van der Waals surface area contributed by atoms with Crippen molar-refractivity contribution in [3.63, 3.8) is 0 Å². The molecule has 0 aliphatic carbocycles. The Labute approximate surface area is 133 Å². The zero-order valence-electron chi connectivity index (χ0n) is 12.5. The molecule has 0 atom stereocenters. The summed E-state index contributed by atoms with van der Waals surface area (Å²) in [6.07, 6.45) is 2.68. The van der Waals surface area contributed by atoms with Crippen LogP contribution in [-0.2, 0) is 9.53 Å². The van der Waals surface area contributed by atoms with Gasteiger partial charge in [-0.25, -0.2) is 4.79 Å². The van der Waals surface area contributed by atoms with Gasteiger partial charge in [-0.15, -0.1) is 0 Å². The van der Waals surface area contributed by atoms with Gasteiger partial charge in [-0.05, 0) is 44.0 Å². The van der Waals surface area contributed by atoms with E-state index in [1.54, 1.807) is 0 Å². The minimum atomic E-state index is -0.185. The van der Waals surface area contributed by atoms with Crippen molar-refractivity contribution in [3.8, 4) is 0 Å². The van der Waals surface area contributed by atoms with Crippen LogP contribution in [0.1, 0.15) is 12.0 Å².